The van der Waals surface area contributed by atoms with Crippen molar-refractivity contribution in [2.45, 2.75) is 13.3 Å². The molecular formula is C15H14O2. The SMILES string of the molecule is CC(=O)C(=Cc1ccco1)Cc1ccccc1. The first kappa shape index (κ1) is 11.4. The minimum atomic E-state index is 0.0743. The van der Waals surface area contributed by atoms with Gasteiger partial charge in [0.2, 0.25) is 0 Å². The number of rotatable bonds is 4. The van der Waals surface area contributed by atoms with Crippen molar-refractivity contribution < 1.29 is 9.21 Å². The lowest BCUT2D eigenvalue weighted by Crippen LogP contribution is -2.00. The second-order valence-electron chi connectivity index (χ2n) is 3.90. The van der Waals surface area contributed by atoms with Gasteiger partial charge < -0.3 is 4.42 Å². The van der Waals surface area contributed by atoms with Crippen LogP contribution in [-0.4, -0.2) is 5.78 Å². The molecule has 0 aliphatic rings. The highest BCUT2D eigenvalue weighted by atomic mass is 16.3. The van der Waals surface area contributed by atoms with E-state index in [1.807, 2.05) is 42.5 Å². The van der Waals surface area contributed by atoms with E-state index in [9.17, 15) is 4.79 Å². The lowest BCUT2D eigenvalue weighted by molar-refractivity contribution is -0.113. The second-order valence-corrected chi connectivity index (χ2v) is 3.90. The highest BCUT2D eigenvalue weighted by Gasteiger charge is 2.06. The molecule has 17 heavy (non-hydrogen) atoms. The zero-order valence-corrected chi connectivity index (χ0v) is 9.72. The highest BCUT2D eigenvalue weighted by molar-refractivity contribution is 5.97. The number of carbonyl (C=O) groups is 1. The van der Waals surface area contributed by atoms with Crippen LogP contribution >= 0.6 is 0 Å². The Balaban J connectivity index is 2.22. The standard InChI is InChI=1S/C15H14O2/c1-12(16)14(11-15-8-5-9-17-15)10-13-6-3-2-4-7-13/h2-9,11H,10H2,1H3. The molecule has 2 nitrogen and oxygen atoms in total. The van der Waals surface area contributed by atoms with Crippen LogP contribution in [0.4, 0.5) is 0 Å². The van der Waals surface area contributed by atoms with Crippen molar-refractivity contribution in [2.75, 3.05) is 0 Å². The molecule has 0 fully saturated rings. The normalized spacial score (nSPS) is 11.5. The van der Waals surface area contributed by atoms with E-state index in [-0.39, 0.29) is 5.78 Å². The third-order valence-corrected chi connectivity index (χ3v) is 2.55. The minimum absolute atomic E-state index is 0.0743. The first-order valence-electron chi connectivity index (χ1n) is 5.54. The van der Waals surface area contributed by atoms with Gasteiger partial charge in [0.1, 0.15) is 5.76 Å². The molecule has 2 aromatic rings. The van der Waals surface area contributed by atoms with Gasteiger partial charge in [-0.25, -0.2) is 0 Å². The first-order chi connectivity index (χ1) is 8.25. The summed E-state index contributed by atoms with van der Waals surface area (Å²) in [5.74, 6) is 0.788. The second kappa shape index (κ2) is 5.30. The van der Waals surface area contributed by atoms with Crippen molar-refractivity contribution in [1.29, 1.82) is 0 Å². The zero-order chi connectivity index (χ0) is 12.1. The quantitative estimate of drug-likeness (QED) is 0.747. The lowest BCUT2D eigenvalue weighted by Gasteiger charge is -2.03. The van der Waals surface area contributed by atoms with Gasteiger partial charge in [0.15, 0.2) is 5.78 Å². The van der Waals surface area contributed by atoms with E-state index in [4.69, 9.17) is 4.42 Å². The average Bonchev–Trinajstić information content (AvgIpc) is 2.82. The molecule has 0 N–H and O–H groups in total. The summed E-state index contributed by atoms with van der Waals surface area (Å²) in [4.78, 5) is 11.6. The zero-order valence-electron chi connectivity index (χ0n) is 9.72. The van der Waals surface area contributed by atoms with Gasteiger partial charge in [-0.3, -0.25) is 4.79 Å². The van der Waals surface area contributed by atoms with E-state index >= 15 is 0 Å². The molecule has 86 valence electrons. The topological polar surface area (TPSA) is 30.2 Å². The maximum atomic E-state index is 11.6. The van der Waals surface area contributed by atoms with Crippen molar-refractivity contribution in [3.05, 3.63) is 65.6 Å². The van der Waals surface area contributed by atoms with E-state index in [1.54, 1.807) is 19.3 Å². The van der Waals surface area contributed by atoms with Crippen molar-refractivity contribution in [3.8, 4) is 0 Å². The predicted octanol–water partition coefficient (Wildman–Crippen LogP) is 3.49. The maximum Gasteiger partial charge on any atom is 0.156 e. The van der Waals surface area contributed by atoms with Crippen LogP contribution in [0.3, 0.4) is 0 Å². The number of benzene rings is 1. The smallest absolute Gasteiger partial charge is 0.156 e. The van der Waals surface area contributed by atoms with Gasteiger partial charge in [-0.1, -0.05) is 30.3 Å². The molecule has 1 aromatic carbocycles. The minimum Gasteiger partial charge on any atom is -0.465 e. The number of carbonyl (C=O) groups excluding carboxylic acids is 1. The van der Waals surface area contributed by atoms with Gasteiger partial charge in [-0.2, -0.15) is 0 Å². The predicted molar refractivity (Wildman–Crippen MR) is 67.5 cm³/mol. The summed E-state index contributed by atoms with van der Waals surface area (Å²) in [5.41, 5.74) is 1.88. The first-order valence-corrected chi connectivity index (χ1v) is 5.54. The third kappa shape index (κ3) is 3.18. The number of furan rings is 1. The Hall–Kier alpha value is -2.09. The van der Waals surface area contributed by atoms with Crippen molar-refractivity contribution in [1.82, 2.24) is 0 Å². The van der Waals surface area contributed by atoms with Crippen LogP contribution in [0.25, 0.3) is 6.08 Å². The van der Waals surface area contributed by atoms with Crippen LogP contribution in [0.15, 0.2) is 58.7 Å². The largest absolute Gasteiger partial charge is 0.465 e. The summed E-state index contributed by atoms with van der Waals surface area (Å²) in [6.07, 6.45) is 4.04. The molecule has 0 aliphatic carbocycles. The molecule has 0 amide bonds. The van der Waals surface area contributed by atoms with E-state index in [0.717, 1.165) is 11.1 Å². The number of allylic oxidation sites excluding steroid dienone is 1. The van der Waals surface area contributed by atoms with Crippen LogP contribution < -0.4 is 0 Å². The van der Waals surface area contributed by atoms with Gasteiger partial charge in [-0.15, -0.1) is 0 Å². The monoisotopic (exact) mass is 226 g/mol. The lowest BCUT2D eigenvalue weighted by atomic mass is 10.0. The molecule has 0 aliphatic heterocycles. The summed E-state index contributed by atoms with van der Waals surface area (Å²) in [6.45, 7) is 1.58. The van der Waals surface area contributed by atoms with Gasteiger partial charge >= 0.3 is 0 Å². The molecular weight excluding hydrogens is 212 g/mol. The number of Topliss-reactive ketones (excluding diaryl/α,β-unsaturated/α-hetero) is 1. The molecule has 2 heteroatoms. The van der Waals surface area contributed by atoms with Crippen LogP contribution in [0.1, 0.15) is 18.2 Å². The van der Waals surface area contributed by atoms with E-state index in [1.165, 1.54) is 0 Å². The van der Waals surface area contributed by atoms with E-state index in [0.29, 0.717) is 12.2 Å². The van der Waals surface area contributed by atoms with Crippen molar-refractivity contribution in [3.63, 3.8) is 0 Å². The van der Waals surface area contributed by atoms with Crippen LogP contribution in [0.2, 0.25) is 0 Å². The summed E-state index contributed by atoms with van der Waals surface area (Å²) in [6, 6.07) is 13.6. The molecule has 0 radical (unpaired) electrons. The Morgan fingerprint density at radius 1 is 1.18 bits per heavy atom. The Morgan fingerprint density at radius 2 is 1.94 bits per heavy atom. The average molecular weight is 226 g/mol. The molecule has 0 unspecified atom stereocenters. The van der Waals surface area contributed by atoms with Crippen LogP contribution in [0.5, 0.6) is 0 Å². The summed E-state index contributed by atoms with van der Waals surface area (Å²) < 4.78 is 5.22. The van der Waals surface area contributed by atoms with Gasteiger partial charge in [-0.05, 0) is 30.7 Å². The molecule has 1 aromatic heterocycles. The fraction of sp³-hybridized carbons (Fsp3) is 0.133. The Bertz CT molecular complexity index is 507. The van der Waals surface area contributed by atoms with Gasteiger partial charge in [0, 0.05) is 12.0 Å². The van der Waals surface area contributed by atoms with E-state index in [2.05, 4.69) is 0 Å². The van der Waals surface area contributed by atoms with Gasteiger partial charge in [0.25, 0.3) is 0 Å². The number of ketones is 1. The fourth-order valence-corrected chi connectivity index (χ4v) is 1.64. The molecule has 0 atom stereocenters. The molecule has 0 saturated carbocycles. The molecule has 0 saturated heterocycles. The van der Waals surface area contributed by atoms with Crippen LogP contribution in [-0.2, 0) is 11.2 Å². The third-order valence-electron chi connectivity index (χ3n) is 2.55. The molecule has 2 rings (SSSR count). The van der Waals surface area contributed by atoms with Crippen molar-refractivity contribution >= 4 is 11.9 Å². The summed E-state index contributed by atoms with van der Waals surface area (Å²) >= 11 is 0. The van der Waals surface area contributed by atoms with Gasteiger partial charge in [0.05, 0.1) is 6.26 Å². The van der Waals surface area contributed by atoms with Crippen molar-refractivity contribution in [2.24, 2.45) is 0 Å². The molecule has 0 spiro atoms. The number of hydrogen-bond donors (Lipinski definition) is 0. The number of hydrogen-bond acceptors (Lipinski definition) is 2. The fourth-order valence-electron chi connectivity index (χ4n) is 1.64. The molecule has 0 bridgehead atoms. The summed E-state index contributed by atoms with van der Waals surface area (Å²) in [5, 5.41) is 0. The van der Waals surface area contributed by atoms with Crippen LogP contribution in [0, 0.1) is 0 Å². The van der Waals surface area contributed by atoms with E-state index < -0.39 is 0 Å². The molecule has 1 heterocycles. The summed E-state index contributed by atoms with van der Waals surface area (Å²) in [7, 11) is 0. The Morgan fingerprint density at radius 3 is 2.53 bits per heavy atom. The Labute approximate surface area is 101 Å². The Kier molecular flexibility index (Phi) is 3.55. The maximum absolute atomic E-state index is 11.6. The highest BCUT2D eigenvalue weighted by Crippen LogP contribution is 2.13.